The molecule has 0 saturated carbocycles. The van der Waals surface area contributed by atoms with E-state index in [4.69, 9.17) is 9.47 Å². The van der Waals surface area contributed by atoms with Crippen molar-refractivity contribution in [3.8, 4) is 0 Å². The number of esters is 2. The number of carbonyl (C=O) groups is 2. The molecule has 0 rings (SSSR count). The second kappa shape index (κ2) is 80.8. The second-order valence-corrected chi connectivity index (χ2v) is 25.7. The predicted molar refractivity (Wildman–Crippen MR) is 407 cm³/mol. The van der Waals surface area contributed by atoms with Gasteiger partial charge in [-0.3, -0.25) is 9.59 Å². The van der Waals surface area contributed by atoms with Gasteiger partial charge in [0.2, 0.25) is 0 Å². The Balaban J connectivity index is 3.46. The zero-order valence-electron chi connectivity index (χ0n) is 60.3. The molecule has 0 aliphatic rings. The summed E-state index contributed by atoms with van der Waals surface area (Å²) in [5, 5.41) is 9.73. The third-order valence-corrected chi connectivity index (χ3v) is 16.8. The highest BCUT2D eigenvalue weighted by molar-refractivity contribution is 5.70. The van der Waals surface area contributed by atoms with Gasteiger partial charge in [-0.2, -0.15) is 0 Å². The van der Waals surface area contributed by atoms with E-state index in [2.05, 4.69) is 172 Å². The fourth-order valence-corrected chi connectivity index (χ4v) is 11.1. The Kier molecular flexibility index (Phi) is 76.8. The fourth-order valence-electron chi connectivity index (χ4n) is 11.1. The maximum atomic E-state index is 12.4. The van der Waals surface area contributed by atoms with Crippen molar-refractivity contribution in [2.45, 2.75) is 367 Å². The van der Waals surface area contributed by atoms with Gasteiger partial charge in [-0.25, -0.2) is 0 Å². The molecule has 0 radical (unpaired) electrons. The molecule has 0 aromatic carbocycles. The highest BCUT2D eigenvalue weighted by Crippen LogP contribution is 2.18. The summed E-state index contributed by atoms with van der Waals surface area (Å²) in [7, 11) is 0. The fraction of sp³-hybridized carbons (Fsp3) is 0.678. The van der Waals surface area contributed by atoms with E-state index in [1.807, 2.05) is 0 Å². The highest BCUT2D eigenvalue weighted by Gasteiger charge is 2.16. The van der Waals surface area contributed by atoms with Gasteiger partial charge in [-0.1, -0.05) is 384 Å². The molecule has 0 fully saturated rings. The molecule has 0 amide bonds. The molecule has 92 heavy (non-hydrogen) atoms. The van der Waals surface area contributed by atoms with Gasteiger partial charge in [0.1, 0.15) is 6.61 Å². The number of hydrogen-bond donors (Lipinski definition) is 1. The molecule has 0 aromatic rings. The summed E-state index contributed by atoms with van der Waals surface area (Å²) in [5.74, 6) is -0.581. The lowest BCUT2D eigenvalue weighted by molar-refractivity contribution is -0.161. The lowest BCUT2D eigenvalue weighted by Gasteiger charge is -2.15. The van der Waals surface area contributed by atoms with Crippen molar-refractivity contribution in [3.63, 3.8) is 0 Å². The monoisotopic (exact) mass is 1270 g/mol. The van der Waals surface area contributed by atoms with Crippen LogP contribution in [0.4, 0.5) is 0 Å². The molecule has 0 heterocycles. The van der Waals surface area contributed by atoms with Crippen LogP contribution in [0.3, 0.4) is 0 Å². The van der Waals surface area contributed by atoms with Crippen LogP contribution in [0, 0.1) is 0 Å². The summed E-state index contributed by atoms with van der Waals surface area (Å²) < 4.78 is 10.8. The molecule has 524 valence electrons. The molecule has 5 heteroatoms. The van der Waals surface area contributed by atoms with Crippen molar-refractivity contribution in [2.24, 2.45) is 0 Å². The predicted octanol–water partition coefficient (Wildman–Crippen LogP) is 27.8. The Bertz CT molecular complexity index is 1930. The SMILES string of the molecule is CC/C=C\C/C=C\C/C=C\C/C=C\C/C=C\C/C=C\C/C=C\C/C=C\CCCCCCCCCCCCCCCCC(=O)OC(CO)COC(=O)CCCCCCCCCCCCCCCCCCCCCCCCC/C=C\C/C=C\C/C=C\C/C=C\C/C=C\CC. The van der Waals surface area contributed by atoms with Gasteiger partial charge in [-0.15, -0.1) is 0 Å². The Morgan fingerprint density at radius 2 is 0.435 bits per heavy atom. The van der Waals surface area contributed by atoms with Crippen LogP contribution in [-0.4, -0.2) is 36.4 Å². The first-order valence-corrected chi connectivity index (χ1v) is 39.0. The minimum atomic E-state index is -0.781. The third kappa shape index (κ3) is 78.0. The van der Waals surface area contributed by atoms with E-state index in [-0.39, 0.29) is 25.2 Å². The number of rotatable bonds is 71. The van der Waals surface area contributed by atoms with Crippen LogP contribution >= 0.6 is 0 Å². The lowest BCUT2D eigenvalue weighted by atomic mass is 10.0. The minimum absolute atomic E-state index is 0.0682. The van der Waals surface area contributed by atoms with Crippen molar-refractivity contribution in [1.82, 2.24) is 0 Å². The van der Waals surface area contributed by atoms with Gasteiger partial charge in [-0.05, 0) is 122 Å². The van der Waals surface area contributed by atoms with Crippen LogP contribution in [0.5, 0.6) is 0 Å². The largest absolute Gasteiger partial charge is 0.462 e. The van der Waals surface area contributed by atoms with E-state index >= 15 is 0 Å². The molecular formula is C87H146O5. The summed E-state index contributed by atoms with van der Waals surface area (Å²) in [4.78, 5) is 24.7. The Morgan fingerprint density at radius 1 is 0.250 bits per heavy atom. The number of carbonyl (C=O) groups excluding carboxylic acids is 2. The first-order chi connectivity index (χ1) is 45.6. The first-order valence-electron chi connectivity index (χ1n) is 39.0. The molecule has 1 N–H and O–H groups in total. The smallest absolute Gasteiger partial charge is 0.306 e. The minimum Gasteiger partial charge on any atom is -0.462 e. The highest BCUT2D eigenvalue weighted by atomic mass is 16.6. The number of hydrogen-bond acceptors (Lipinski definition) is 5. The topological polar surface area (TPSA) is 72.8 Å². The number of ether oxygens (including phenoxy) is 2. The molecule has 0 saturated heterocycles. The van der Waals surface area contributed by atoms with Gasteiger partial charge in [0.15, 0.2) is 6.10 Å². The number of aliphatic hydroxyl groups is 1. The zero-order valence-corrected chi connectivity index (χ0v) is 60.3. The maximum Gasteiger partial charge on any atom is 0.306 e. The molecule has 1 unspecified atom stereocenters. The molecule has 5 nitrogen and oxygen atoms in total. The summed E-state index contributed by atoms with van der Waals surface area (Å²) in [6.45, 7) is 3.94. The standard InChI is InChI=1S/C87H146O5/c1-3-5-7-9-11-13-15-17-19-21-23-25-27-29-31-33-35-37-39-41-43-45-47-49-51-53-55-57-59-61-63-65-67-69-71-73-75-77-79-81-86(89)91-84-85(83-88)92-87(90)82-80-78-76-74-72-70-68-66-64-62-60-58-56-54-52-50-48-46-44-42-40-38-36-34-32-30-28-26-24-22-20-18-16-14-12-10-8-6-4-2/h5-8,11-14,17-20,23-26,29-32,36,38,42,44,48,50,85,88H,3-4,9-10,15-16,21-22,27-28,33-35,37,39-41,43,45-47,49,51-84H2,1-2H3/b7-5-,8-6-,13-11-,14-12-,19-17-,20-18-,25-23-,26-24-,31-29-,32-30-,38-36-,44-42-,50-48-. The molecule has 1 atom stereocenters. The molecule has 0 aliphatic carbocycles. The van der Waals surface area contributed by atoms with Crippen LogP contribution in [0.25, 0.3) is 0 Å². The quantitative estimate of drug-likeness (QED) is 0.0373. The first kappa shape index (κ1) is 87.5. The van der Waals surface area contributed by atoms with E-state index in [1.165, 1.54) is 212 Å². The van der Waals surface area contributed by atoms with Gasteiger partial charge < -0.3 is 14.6 Å². The Morgan fingerprint density at radius 3 is 0.652 bits per heavy atom. The normalized spacial score (nSPS) is 13.1. The average Bonchev–Trinajstić information content (AvgIpc) is 3.75. The van der Waals surface area contributed by atoms with E-state index < -0.39 is 6.10 Å². The van der Waals surface area contributed by atoms with Crippen LogP contribution in [-0.2, 0) is 19.1 Å². The third-order valence-electron chi connectivity index (χ3n) is 16.8. The summed E-state index contributed by atoms with van der Waals surface area (Å²) in [6.07, 6.45) is 123. The van der Waals surface area contributed by atoms with Crippen molar-refractivity contribution < 1.29 is 24.2 Å². The summed E-state index contributed by atoms with van der Waals surface area (Å²) in [5.41, 5.74) is 0. The number of aliphatic hydroxyl groups excluding tert-OH is 1. The average molecular weight is 1270 g/mol. The van der Waals surface area contributed by atoms with Crippen LogP contribution in [0.1, 0.15) is 361 Å². The molecular weight excluding hydrogens is 1120 g/mol. The summed E-state index contributed by atoms with van der Waals surface area (Å²) in [6, 6.07) is 0. The Labute approximate surface area is 571 Å². The van der Waals surface area contributed by atoms with E-state index in [1.54, 1.807) is 0 Å². The second-order valence-electron chi connectivity index (χ2n) is 25.7. The van der Waals surface area contributed by atoms with Crippen molar-refractivity contribution in [2.75, 3.05) is 13.2 Å². The van der Waals surface area contributed by atoms with E-state index in [0.717, 1.165) is 122 Å². The van der Waals surface area contributed by atoms with Crippen molar-refractivity contribution in [3.05, 3.63) is 158 Å². The number of unbranched alkanes of at least 4 members (excludes halogenated alkanes) is 37. The van der Waals surface area contributed by atoms with E-state index in [0.29, 0.717) is 12.8 Å². The molecule has 0 aliphatic heterocycles. The molecule has 0 spiro atoms. The summed E-state index contributed by atoms with van der Waals surface area (Å²) >= 11 is 0. The van der Waals surface area contributed by atoms with Crippen LogP contribution in [0.2, 0.25) is 0 Å². The maximum absolute atomic E-state index is 12.4. The van der Waals surface area contributed by atoms with Gasteiger partial charge >= 0.3 is 11.9 Å². The van der Waals surface area contributed by atoms with Crippen molar-refractivity contribution in [1.29, 1.82) is 0 Å². The molecule has 0 bridgehead atoms. The number of allylic oxidation sites excluding steroid dienone is 26. The van der Waals surface area contributed by atoms with Gasteiger partial charge in [0, 0.05) is 12.8 Å². The zero-order chi connectivity index (χ0) is 66.1. The van der Waals surface area contributed by atoms with E-state index in [9.17, 15) is 14.7 Å². The van der Waals surface area contributed by atoms with Gasteiger partial charge in [0.05, 0.1) is 6.61 Å². The Hall–Kier alpha value is -4.48. The lowest BCUT2D eigenvalue weighted by Crippen LogP contribution is -2.28. The molecule has 0 aromatic heterocycles. The van der Waals surface area contributed by atoms with Gasteiger partial charge in [0.25, 0.3) is 0 Å². The van der Waals surface area contributed by atoms with Crippen LogP contribution in [0.15, 0.2) is 158 Å². The van der Waals surface area contributed by atoms with Crippen molar-refractivity contribution >= 4 is 11.9 Å². The van der Waals surface area contributed by atoms with Crippen LogP contribution < -0.4 is 0 Å².